The zero-order valence-corrected chi connectivity index (χ0v) is 16.3. The van der Waals surface area contributed by atoms with E-state index in [1.54, 1.807) is 0 Å². The van der Waals surface area contributed by atoms with E-state index in [2.05, 4.69) is 54.2 Å². The lowest BCUT2D eigenvalue weighted by Crippen LogP contribution is -2.53. The molecule has 1 atom stereocenters. The summed E-state index contributed by atoms with van der Waals surface area (Å²) in [5.41, 5.74) is 3.85. The van der Waals surface area contributed by atoms with Crippen molar-refractivity contribution in [3.05, 3.63) is 17.0 Å². The smallest absolute Gasteiger partial charge is 0.0641 e. The van der Waals surface area contributed by atoms with Gasteiger partial charge in [-0.3, -0.25) is 14.5 Å². The van der Waals surface area contributed by atoms with Gasteiger partial charge in [-0.1, -0.05) is 13.8 Å². The Morgan fingerprint density at radius 2 is 2.00 bits per heavy atom. The Morgan fingerprint density at radius 3 is 2.58 bits per heavy atom. The predicted molar refractivity (Wildman–Crippen MR) is 99.2 cm³/mol. The van der Waals surface area contributed by atoms with Crippen LogP contribution in [0.4, 0.5) is 0 Å². The third-order valence-corrected chi connectivity index (χ3v) is 5.36. The maximum absolute atomic E-state index is 9.45. The van der Waals surface area contributed by atoms with Crippen molar-refractivity contribution in [2.45, 2.75) is 66.6 Å². The van der Waals surface area contributed by atoms with Gasteiger partial charge in [-0.05, 0) is 46.1 Å². The zero-order valence-electron chi connectivity index (χ0n) is 16.3. The van der Waals surface area contributed by atoms with Gasteiger partial charge in [-0.2, -0.15) is 5.10 Å². The van der Waals surface area contributed by atoms with Gasteiger partial charge in [0.2, 0.25) is 0 Å². The van der Waals surface area contributed by atoms with Crippen molar-refractivity contribution in [1.29, 1.82) is 0 Å². The maximum atomic E-state index is 9.45. The molecule has 5 heteroatoms. The third kappa shape index (κ3) is 4.80. The standard InChI is InChI=1S/C19H36N4O/c1-6-23-17(5)19(16(4)20-23)14-21-10-11-22(9-7-15(2)3)18(13-21)8-12-24/h15,18,24H,6-14H2,1-5H3/t18-/m1/s1. The third-order valence-electron chi connectivity index (χ3n) is 5.36. The van der Waals surface area contributed by atoms with Crippen LogP contribution in [0, 0.1) is 19.8 Å². The number of piperazine rings is 1. The number of hydrogen-bond acceptors (Lipinski definition) is 4. The topological polar surface area (TPSA) is 44.5 Å². The average Bonchev–Trinajstić information content (AvgIpc) is 2.81. The molecule has 1 aliphatic heterocycles. The summed E-state index contributed by atoms with van der Waals surface area (Å²) in [5, 5.41) is 14.1. The van der Waals surface area contributed by atoms with E-state index in [4.69, 9.17) is 0 Å². The van der Waals surface area contributed by atoms with Crippen molar-refractivity contribution >= 4 is 0 Å². The first-order valence-electron chi connectivity index (χ1n) is 9.56. The number of aliphatic hydroxyl groups is 1. The van der Waals surface area contributed by atoms with Gasteiger partial charge in [0.05, 0.1) is 5.69 Å². The van der Waals surface area contributed by atoms with Crippen LogP contribution < -0.4 is 0 Å². The monoisotopic (exact) mass is 336 g/mol. The number of aliphatic hydroxyl groups excluding tert-OH is 1. The maximum Gasteiger partial charge on any atom is 0.0641 e. The number of hydrogen-bond donors (Lipinski definition) is 1. The molecular formula is C19H36N4O. The van der Waals surface area contributed by atoms with Gasteiger partial charge in [0.15, 0.2) is 0 Å². The lowest BCUT2D eigenvalue weighted by Gasteiger charge is -2.41. The summed E-state index contributed by atoms with van der Waals surface area (Å²) in [6, 6.07) is 0.476. The Bertz CT molecular complexity index is 512. The summed E-state index contributed by atoms with van der Waals surface area (Å²) in [4.78, 5) is 5.13. The zero-order chi connectivity index (χ0) is 17.7. The molecule has 0 unspecified atom stereocenters. The van der Waals surface area contributed by atoms with Crippen LogP contribution >= 0.6 is 0 Å². The second kappa shape index (κ2) is 8.97. The minimum absolute atomic E-state index is 0.280. The summed E-state index contributed by atoms with van der Waals surface area (Å²) in [5.74, 6) is 0.739. The number of rotatable bonds is 8. The van der Waals surface area contributed by atoms with E-state index in [0.29, 0.717) is 6.04 Å². The summed E-state index contributed by atoms with van der Waals surface area (Å²) in [6.07, 6.45) is 2.12. The molecule has 1 aliphatic rings. The number of aryl methyl sites for hydroxylation is 2. The highest BCUT2D eigenvalue weighted by Gasteiger charge is 2.27. The molecule has 1 aromatic heterocycles. The number of aromatic nitrogens is 2. The van der Waals surface area contributed by atoms with E-state index >= 15 is 0 Å². The van der Waals surface area contributed by atoms with Crippen molar-refractivity contribution < 1.29 is 5.11 Å². The van der Waals surface area contributed by atoms with Crippen molar-refractivity contribution in [3.8, 4) is 0 Å². The second-order valence-corrected chi connectivity index (χ2v) is 7.58. The first kappa shape index (κ1) is 19.4. The van der Waals surface area contributed by atoms with Crippen LogP contribution in [0.5, 0.6) is 0 Å². The fourth-order valence-electron chi connectivity index (χ4n) is 3.74. The molecule has 0 radical (unpaired) electrons. The molecular weight excluding hydrogens is 300 g/mol. The molecule has 0 aromatic carbocycles. The Hall–Kier alpha value is -0.910. The van der Waals surface area contributed by atoms with Crippen LogP contribution in [0.1, 0.15) is 50.6 Å². The van der Waals surface area contributed by atoms with Gasteiger partial charge >= 0.3 is 0 Å². The Balaban J connectivity index is 2.00. The molecule has 24 heavy (non-hydrogen) atoms. The normalized spacial score (nSPS) is 20.2. The molecule has 0 aliphatic carbocycles. The van der Waals surface area contributed by atoms with Crippen LogP contribution in [-0.2, 0) is 13.1 Å². The van der Waals surface area contributed by atoms with Crippen LogP contribution in [0.15, 0.2) is 0 Å². The van der Waals surface area contributed by atoms with E-state index < -0.39 is 0 Å². The van der Waals surface area contributed by atoms with E-state index in [1.807, 2.05) is 0 Å². The Kier molecular flexibility index (Phi) is 7.26. The van der Waals surface area contributed by atoms with Crippen LogP contribution in [0.2, 0.25) is 0 Å². The molecule has 5 nitrogen and oxygen atoms in total. The van der Waals surface area contributed by atoms with Gasteiger partial charge in [-0.25, -0.2) is 0 Å². The fraction of sp³-hybridized carbons (Fsp3) is 0.842. The van der Waals surface area contributed by atoms with Crippen molar-refractivity contribution in [1.82, 2.24) is 19.6 Å². The molecule has 1 aromatic rings. The first-order chi connectivity index (χ1) is 11.5. The van der Waals surface area contributed by atoms with Crippen molar-refractivity contribution in [3.63, 3.8) is 0 Å². The Labute approximate surface area is 147 Å². The molecule has 2 rings (SSSR count). The SMILES string of the molecule is CCn1nc(C)c(CN2CCN(CCC(C)C)[C@H](CCO)C2)c1C. The molecule has 0 amide bonds. The van der Waals surface area contributed by atoms with Gasteiger partial charge in [0.1, 0.15) is 0 Å². The minimum atomic E-state index is 0.280. The van der Waals surface area contributed by atoms with Crippen molar-refractivity contribution in [2.75, 3.05) is 32.8 Å². The molecule has 0 bridgehead atoms. The summed E-state index contributed by atoms with van der Waals surface area (Å²) < 4.78 is 2.11. The van der Waals surface area contributed by atoms with Gasteiger partial charge in [-0.15, -0.1) is 0 Å². The highest BCUT2D eigenvalue weighted by molar-refractivity contribution is 5.24. The Morgan fingerprint density at radius 1 is 1.25 bits per heavy atom. The lowest BCUT2D eigenvalue weighted by molar-refractivity contribution is 0.0522. The molecule has 1 saturated heterocycles. The van der Waals surface area contributed by atoms with Crippen LogP contribution in [-0.4, -0.2) is 63.5 Å². The van der Waals surface area contributed by atoms with Crippen molar-refractivity contribution in [2.24, 2.45) is 5.92 Å². The van der Waals surface area contributed by atoms with Crippen LogP contribution in [0.3, 0.4) is 0 Å². The summed E-state index contributed by atoms with van der Waals surface area (Å²) >= 11 is 0. The van der Waals surface area contributed by atoms with Gasteiger partial charge in [0.25, 0.3) is 0 Å². The molecule has 2 heterocycles. The molecule has 1 N–H and O–H groups in total. The molecule has 0 spiro atoms. The lowest BCUT2D eigenvalue weighted by atomic mass is 10.0. The summed E-state index contributed by atoms with van der Waals surface area (Å²) in [6.45, 7) is 17.6. The largest absolute Gasteiger partial charge is 0.396 e. The second-order valence-electron chi connectivity index (χ2n) is 7.58. The van der Waals surface area contributed by atoms with E-state index in [9.17, 15) is 5.11 Å². The molecule has 0 saturated carbocycles. The van der Waals surface area contributed by atoms with E-state index in [-0.39, 0.29) is 6.61 Å². The van der Waals surface area contributed by atoms with E-state index in [0.717, 1.165) is 57.3 Å². The highest BCUT2D eigenvalue weighted by Crippen LogP contribution is 2.20. The number of nitrogens with zero attached hydrogens (tertiary/aromatic N) is 4. The minimum Gasteiger partial charge on any atom is -0.396 e. The average molecular weight is 337 g/mol. The highest BCUT2D eigenvalue weighted by atomic mass is 16.3. The predicted octanol–water partition coefficient (Wildman–Crippen LogP) is 2.43. The van der Waals surface area contributed by atoms with Crippen LogP contribution in [0.25, 0.3) is 0 Å². The molecule has 138 valence electrons. The van der Waals surface area contributed by atoms with E-state index in [1.165, 1.54) is 17.7 Å². The van der Waals surface area contributed by atoms with Gasteiger partial charge < -0.3 is 5.11 Å². The molecule has 1 fully saturated rings. The van der Waals surface area contributed by atoms with Gasteiger partial charge in [0, 0.05) is 56.6 Å². The quantitative estimate of drug-likeness (QED) is 0.792. The summed E-state index contributed by atoms with van der Waals surface area (Å²) in [7, 11) is 0. The first-order valence-corrected chi connectivity index (χ1v) is 9.56. The fourth-order valence-corrected chi connectivity index (χ4v) is 3.74.